The van der Waals surface area contributed by atoms with Crippen molar-refractivity contribution in [3.05, 3.63) is 0 Å². The van der Waals surface area contributed by atoms with Crippen molar-refractivity contribution < 1.29 is 15.7 Å². The standard InChI is InChI=1S/C4H9B.FH.2H2O/c1-2-3-4-5;;;/h2-4H2,1H3;1H;2*1H2/q+2;;;/p-2. The first-order valence-electron chi connectivity index (χ1n) is 2.12. The molecule has 0 bridgehead atoms. The van der Waals surface area contributed by atoms with Gasteiger partial charge in [-0.2, -0.15) is 0 Å². The fourth-order valence-corrected chi connectivity index (χ4v) is 0.204. The van der Waals surface area contributed by atoms with Crippen molar-refractivity contribution in [1.29, 1.82) is 0 Å². The molecule has 0 aliphatic carbocycles. The summed E-state index contributed by atoms with van der Waals surface area (Å²) in [4.78, 5) is 0. The summed E-state index contributed by atoms with van der Waals surface area (Å²) < 4.78 is 0. The SMILES string of the molecule is O.[B+2]CCCC.[F-].[OH-]. The predicted octanol–water partition coefficient (Wildman–Crippen LogP) is -2.62. The second-order valence-corrected chi connectivity index (χ2v) is 1.14. The minimum absolute atomic E-state index is 0. The van der Waals surface area contributed by atoms with E-state index in [1.54, 1.807) is 0 Å². The summed E-state index contributed by atoms with van der Waals surface area (Å²) in [6.07, 6.45) is 3.23. The number of halogens is 1. The van der Waals surface area contributed by atoms with Gasteiger partial charge in [-0.05, 0) is 0 Å². The van der Waals surface area contributed by atoms with Crippen LogP contribution < -0.4 is 4.70 Å². The molecule has 50 valence electrons. The van der Waals surface area contributed by atoms with Gasteiger partial charge in [-0.3, -0.25) is 0 Å². The number of unbranched alkanes of at least 4 members (excludes halogenated alkanes) is 1. The Labute approximate surface area is 50.7 Å². The second kappa shape index (κ2) is 28.5. The van der Waals surface area contributed by atoms with Crippen molar-refractivity contribution in [2.24, 2.45) is 0 Å². The van der Waals surface area contributed by atoms with Crippen LogP contribution in [0.4, 0.5) is 0 Å². The van der Waals surface area contributed by atoms with Crippen LogP contribution in [0.25, 0.3) is 0 Å². The maximum Gasteiger partial charge on any atom is -0.870 e. The summed E-state index contributed by atoms with van der Waals surface area (Å²) in [5, 5.41) is 0. The Kier molecular flexibility index (Phi) is 87.9. The van der Waals surface area contributed by atoms with Crippen LogP contribution in [0.3, 0.4) is 0 Å². The average molecular weight is 122 g/mol. The average Bonchev–Trinajstić information content (AvgIpc) is 1.41. The molecule has 0 heterocycles. The van der Waals surface area contributed by atoms with E-state index in [1.165, 1.54) is 12.8 Å². The van der Waals surface area contributed by atoms with Crippen molar-refractivity contribution in [3.8, 4) is 0 Å². The molecular weight excluding hydrogens is 110 g/mol. The molecule has 2 nitrogen and oxygen atoms in total. The van der Waals surface area contributed by atoms with Gasteiger partial charge >= 0.3 is 33.9 Å². The van der Waals surface area contributed by atoms with Gasteiger partial charge in [-0.15, -0.1) is 0 Å². The summed E-state index contributed by atoms with van der Waals surface area (Å²) in [6, 6.07) is 0. The van der Waals surface area contributed by atoms with Gasteiger partial charge in [0.25, 0.3) is 0 Å². The van der Waals surface area contributed by atoms with Crippen molar-refractivity contribution in [1.82, 2.24) is 0 Å². The van der Waals surface area contributed by atoms with Gasteiger partial charge in [-0.1, -0.05) is 0 Å². The molecule has 3 N–H and O–H groups in total. The van der Waals surface area contributed by atoms with E-state index in [0.29, 0.717) is 0 Å². The number of hydrogen-bond donors (Lipinski definition) is 0. The first-order chi connectivity index (χ1) is 2.41. The van der Waals surface area contributed by atoms with Gasteiger partial charge in [-0.25, -0.2) is 0 Å². The first-order valence-corrected chi connectivity index (χ1v) is 2.12. The fourth-order valence-electron chi connectivity index (χ4n) is 0.204. The molecule has 0 atom stereocenters. The molecule has 4 heteroatoms. The summed E-state index contributed by atoms with van der Waals surface area (Å²) in [5.74, 6) is 0. The molecule has 0 unspecified atom stereocenters. The topological polar surface area (TPSA) is 61.5 Å². The Morgan fingerprint density at radius 2 is 1.75 bits per heavy atom. The van der Waals surface area contributed by atoms with Gasteiger partial charge < -0.3 is 15.7 Å². The Morgan fingerprint density at radius 3 is 1.75 bits per heavy atom. The maximum absolute atomic E-state index is 5.14. The summed E-state index contributed by atoms with van der Waals surface area (Å²) >= 11 is 0. The van der Waals surface area contributed by atoms with Crippen LogP contribution in [0.5, 0.6) is 0 Å². The normalized spacial score (nSPS) is 5.38. The van der Waals surface area contributed by atoms with Crippen molar-refractivity contribution in [3.63, 3.8) is 0 Å². The summed E-state index contributed by atoms with van der Waals surface area (Å²) in [5.41, 5.74) is 0. The maximum atomic E-state index is 5.14. The monoisotopic (exact) mass is 122 g/mol. The molecule has 8 heavy (non-hydrogen) atoms. The van der Waals surface area contributed by atoms with E-state index in [0.717, 1.165) is 6.32 Å². The van der Waals surface area contributed by atoms with Gasteiger partial charge in [0, 0.05) is 0 Å². The van der Waals surface area contributed by atoms with E-state index < -0.39 is 0 Å². The molecule has 0 aliphatic rings. The van der Waals surface area contributed by atoms with Crippen molar-refractivity contribution >= 4 is 7.85 Å². The van der Waals surface area contributed by atoms with E-state index in [4.69, 9.17) is 7.85 Å². The molecule has 0 aromatic carbocycles. The van der Waals surface area contributed by atoms with Crippen molar-refractivity contribution in [2.75, 3.05) is 0 Å². The van der Waals surface area contributed by atoms with Gasteiger partial charge in [0.15, 0.2) is 0 Å². The minimum Gasteiger partial charge on any atom is -1.00 e. The summed E-state index contributed by atoms with van der Waals surface area (Å²) in [7, 11) is 5.14. The smallest absolute Gasteiger partial charge is 0.870 e. The number of rotatable bonds is 2. The van der Waals surface area contributed by atoms with Crippen LogP contribution in [0.2, 0.25) is 6.32 Å². The molecule has 0 spiro atoms. The molecule has 0 saturated carbocycles. The Bertz CT molecular complexity index is 21.5. The molecule has 0 aliphatic heterocycles. The van der Waals surface area contributed by atoms with E-state index in [1.807, 2.05) is 0 Å². The van der Waals surface area contributed by atoms with Crippen LogP contribution in [-0.2, 0) is 0 Å². The molecule has 0 aromatic heterocycles. The van der Waals surface area contributed by atoms with E-state index in [2.05, 4.69) is 6.92 Å². The van der Waals surface area contributed by atoms with E-state index in [9.17, 15) is 0 Å². The minimum atomic E-state index is 0. The van der Waals surface area contributed by atoms with Crippen LogP contribution >= 0.6 is 0 Å². The zero-order valence-electron chi connectivity index (χ0n) is 5.02. The molecule has 0 amide bonds. The molecule has 0 fully saturated rings. The Morgan fingerprint density at radius 1 is 1.38 bits per heavy atom. The third-order valence-electron chi connectivity index (χ3n) is 0.558. The molecule has 0 aromatic rings. The van der Waals surface area contributed by atoms with Crippen LogP contribution in [-0.4, -0.2) is 18.8 Å². The third-order valence-corrected chi connectivity index (χ3v) is 0.558. The van der Waals surface area contributed by atoms with Gasteiger partial charge in [0.2, 0.25) is 0 Å². The zero-order chi connectivity index (χ0) is 4.12. The zero-order valence-corrected chi connectivity index (χ0v) is 5.02. The van der Waals surface area contributed by atoms with Crippen LogP contribution in [0.15, 0.2) is 0 Å². The van der Waals surface area contributed by atoms with E-state index >= 15 is 0 Å². The Hall–Kier alpha value is -0.0851. The largest absolute Gasteiger partial charge is 1.00 e. The molecule has 0 rings (SSSR count). The fraction of sp³-hybridized carbons (Fsp3) is 1.00. The quantitative estimate of drug-likeness (QED) is 0.369. The van der Waals surface area contributed by atoms with E-state index in [-0.39, 0.29) is 15.7 Å². The number of hydrogen-bond acceptors (Lipinski definition) is 1. The molecular formula is C4H12BFO2. The summed E-state index contributed by atoms with van der Waals surface area (Å²) in [6.45, 7) is 2.13. The molecule has 0 saturated heterocycles. The Balaban J connectivity index is -0.0000000267. The van der Waals surface area contributed by atoms with Gasteiger partial charge in [0.05, 0.1) is 0 Å². The van der Waals surface area contributed by atoms with Crippen molar-refractivity contribution in [2.45, 2.75) is 26.1 Å². The molecule has 0 radical (unpaired) electrons. The first kappa shape index (κ1) is 24.7. The third kappa shape index (κ3) is 39.0. The second-order valence-electron chi connectivity index (χ2n) is 1.14. The van der Waals surface area contributed by atoms with Crippen LogP contribution in [0, 0.1) is 0 Å². The van der Waals surface area contributed by atoms with Crippen LogP contribution in [0.1, 0.15) is 19.8 Å². The predicted molar refractivity (Wildman–Crippen MR) is 31.0 cm³/mol. The van der Waals surface area contributed by atoms with Gasteiger partial charge in [0.1, 0.15) is 0 Å².